The number of hydrogen-bond donors (Lipinski definition) is 0. The number of hydrogen-bond acceptors (Lipinski definition) is 2. The Morgan fingerprint density at radius 3 is 1.91 bits per heavy atom. The smallest absolute Gasteiger partial charge is 0.0547 e. The number of thiophene rings is 2. The lowest BCUT2D eigenvalue weighted by atomic mass is 9.97. The van der Waals surface area contributed by atoms with E-state index >= 15 is 0 Å². The monoisotopic (exact) mass is 581 g/mol. The van der Waals surface area contributed by atoms with E-state index in [0.29, 0.717) is 0 Å². The lowest BCUT2D eigenvalue weighted by Gasteiger charge is -2.13. The van der Waals surface area contributed by atoms with Crippen LogP contribution in [0.2, 0.25) is 0 Å². The summed E-state index contributed by atoms with van der Waals surface area (Å²) in [6, 6.07) is 51.8. The van der Waals surface area contributed by atoms with Gasteiger partial charge in [0.25, 0.3) is 0 Å². The van der Waals surface area contributed by atoms with Crippen molar-refractivity contribution in [2.24, 2.45) is 0 Å². The summed E-state index contributed by atoms with van der Waals surface area (Å²) in [7, 11) is 0. The van der Waals surface area contributed by atoms with E-state index in [1.165, 1.54) is 89.7 Å². The van der Waals surface area contributed by atoms with Crippen LogP contribution in [0.5, 0.6) is 0 Å². The molecule has 43 heavy (non-hydrogen) atoms. The van der Waals surface area contributed by atoms with E-state index in [2.05, 4.69) is 144 Å². The van der Waals surface area contributed by atoms with Crippen LogP contribution in [0.25, 0.3) is 89.7 Å². The van der Waals surface area contributed by atoms with Crippen LogP contribution < -0.4 is 0 Å². The molecule has 0 fully saturated rings. The van der Waals surface area contributed by atoms with Crippen LogP contribution in [-0.2, 0) is 0 Å². The van der Waals surface area contributed by atoms with Gasteiger partial charge < -0.3 is 4.57 Å². The predicted molar refractivity (Wildman–Crippen MR) is 190 cm³/mol. The van der Waals surface area contributed by atoms with Crippen molar-refractivity contribution in [3.05, 3.63) is 140 Å². The van der Waals surface area contributed by atoms with Gasteiger partial charge >= 0.3 is 0 Å². The standard InChI is InChI=1S/C40H23NS2/c1-2-10-25-21-35-32(19-24(25)9-1)28-11-3-6-14-34(28)41(35)27-22-31(40-30-13-5-8-16-37(30)43-39(40)23-27)26-17-18-38-33(20-26)29-12-4-7-15-36(29)42-38/h1-23H. The second-order valence-corrected chi connectivity index (χ2v) is 13.5. The van der Waals surface area contributed by atoms with Crippen LogP contribution in [0.1, 0.15) is 0 Å². The van der Waals surface area contributed by atoms with Gasteiger partial charge in [-0.1, -0.05) is 84.9 Å². The highest BCUT2D eigenvalue weighted by atomic mass is 32.1. The number of fused-ring (bicyclic) bond motifs is 10. The van der Waals surface area contributed by atoms with Gasteiger partial charge in [0.2, 0.25) is 0 Å². The number of benzene rings is 7. The van der Waals surface area contributed by atoms with Gasteiger partial charge in [0.15, 0.2) is 0 Å². The lowest BCUT2D eigenvalue weighted by molar-refractivity contribution is 1.19. The molecule has 10 aromatic rings. The molecule has 3 heterocycles. The van der Waals surface area contributed by atoms with E-state index in [1.54, 1.807) is 0 Å². The first-order valence-electron chi connectivity index (χ1n) is 14.6. The SMILES string of the molecule is c1ccc2cc3c(cc2c1)c1ccccc1n3-c1cc(-c2ccc3sc4ccccc4c3c2)c2c(c1)sc1ccccc12. The first-order chi connectivity index (χ1) is 21.3. The minimum atomic E-state index is 1.20. The highest BCUT2D eigenvalue weighted by Gasteiger charge is 2.18. The Kier molecular flexibility index (Phi) is 4.81. The number of para-hydroxylation sites is 1. The molecule has 0 N–H and O–H groups in total. The maximum absolute atomic E-state index is 2.48. The zero-order chi connectivity index (χ0) is 28.1. The predicted octanol–water partition coefficient (Wildman–Crippen LogP) is 12.3. The highest BCUT2D eigenvalue weighted by molar-refractivity contribution is 7.26. The molecule has 0 saturated heterocycles. The van der Waals surface area contributed by atoms with E-state index in [0.717, 1.165) is 0 Å². The second-order valence-electron chi connectivity index (χ2n) is 11.3. The topological polar surface area (TPSA) is 4.93 Å². The van der Waals surface area contributed by atoms with Crippen LogP contribution >= 0.6 is 22.7 Å². The second kappa shape index (κ2) is 8.78. The van der Waals surface area contributed by atoms with Gasteiger partial charge in [-0.2, -0.15) is 0 Å². The molecule has 0 bridgehead atoms. The third kappa shape index (κ3) is 3.38. The van der Waals surface area contributed by atoms with Crippen molar-refractivity contribution in [2.45, 2.75) is 0 Å². The largest absolute Gasteiger partial charge is 0.309 e. The molecule has 0 aliphatic rings. The van der Waals surface area contributed by atoms with E-state index in [-0.39, 0.29) is 0 Å². The van der Waals surface area contributed by atoms with Gasteiger partial charge in [-0.3, -0.25) is 0 Å². The van der Waals surface area contributed by atoms with Crippen molar-refractivity contribution in [3.63, 3.8) is 0 Å². The quantitative estimate of drug-likeness (QED) is 0.191. The molecule has 0 aliphatic carbocycles. The third-order valence-electron chi connectivity index (χ3n) is 8.95. The molecule has 200 valence electrons. The number of nitrogens with zero attached hydrogens (tertiary/aromatic N) is 1. The molecule has 0 amide bonds. The number of aromatic nitrogens is 1. The minimum absolute atomic E-state index is 1.20. The molecule has 0 radical (unpaired) electrons. The van der Waals surface area contributed by atoms with Gasteiger partial charge in [-0.15, -0.1) is 22.7 Å². The van der Waals surface area contributed by atoms with Crippen LogP contribution in [0, 0.1) is 0 Å². The summed E-state index contributed by atoms with van der Waals surface area (Å²) in [5, 5.41) is 10.4. The molecule has 3 aromatic heterocycles. The first-order valence-corrected chi connectivity index (χ1v) is 16.2. The summed E-state index contributed by atoms with van der Waals surface area (Å²) in [4.78, 5) is 0. The zero-order valence-corrected chi connectivity index (χ0v) is 24.7. The summed E-state index contributed by atoms with van der Waals surface area (Å²) in [6.07, 6.45) is 0. The Balaban J connectivity index is 1.34. The Labute approximate surface area is 255 Å². The average Bonchev–Trinajstić information content (AvgIpc) is 3.72. The zero-order valence-electron chi connectivity index (χ0n) is 23.0. The molecule has 10 rings (SSSR count). The normalized spacial score (nSPS) is 12.2. The maximum atomic E-state index is 2.48. The summed E-state index contributed by atoms with van der Waals surface area (Å²) in [5.41, 5.74) is 6.22. The summed E-state index contributed by atoms with van der Waals surface area (Å²) < 4.78 is 7.79. The fourth-order valence-corrected chi connectivity index (χ4v) is 9.28. The van der Waals surface area contributed by atoms with Crippen molar-refractivity contribution < 1.29 is 0 Å². The van der Waals surface area contributed by atoms with Crippen LogP contribution in [0.15, 0.2) is 140 Å². The summed E-state index contributed by atoms with van der Waals surface area (Å²) >= 11 is 3.77. The lowest BCUT2D eigenvalue weighted by Crippen LogP contribution is -1.95. The molecule has 3 heteroatoms. The fourth-order valence-electron chi connectivity index (χ4n) is 7.02. The molecule has 0 saturated carbocycles. The van der Waals surface area contributed by atoms with E-state index in [9.17, 15) is 0 Å². The number of rotatable bonds is 2. The van der Waals surface area contributed by atoms with Crippen LogP contribution in [-0.4, -0.2) is 4.57 Å². The van der Waals surface area contributed by atoms with Gasteiger partial charge in [-0.05, 0) is 76.5 Å². The Hall–Kier alpha value is -4.96. The van der Waals surface area contributed by atoms with Gasteiger partial charge in [0.05, 0.1) is 11.0 Å². The Bertz CT molecular complexity index is 2740. The van der Waals surface area contributed by atoms with E-state index < -0.39 is 0 Å². The molecule has 0 unspecified atom stereocenters. The molecular weight excluding hydrogens is 559 g/mol. The van der Waals surface area contributed by atoms with Crippen molar-refractivity contribution in [1.82, 2.24) is 4.57 Å². The maximum Gasteiger partial charge on any atom is 0.0547 e. The van der Waals surface area contributed by atoms with Gasteiger partial charge in [0, 0.05) is 56.8 Å². The fraction of sp³-hybridized carbons (Fsp3) is 0. The molecule has 0 aliphatic heterocycles. The average molecular weight is 582 g/mol. The highest BCUT2D eigenvalue weighted by Crippen LogP contribution is 2.45. The summed E-state index contributed by atoms with van der Waals surface area (Å²) in [6.45, 7) is 0. The Morgan fingerprint density at radius 2 is 1.05 bits per heavy atom. The van der Waals surface area contributed by atoms with Crippen LogP contribution in [0.3, 0.4) is 0 Å². The molecule has 0 spiro atoms. The van der Waals surface area contributed by atoms with Gasteiger partial charge in [0.1, 0.15) is 0 Å². The van der Waals surface area contributed by atoms with E-state index in [4.69, 9.17) is 0 Å². The first kappa shape index (κ1) is 23.6. The van der Waals surface area contributed by atoms with Crippen LogP contribution in [0.4, 0.5) is 0 Å². The molecule has 0 atom stereocenters. The van der Waals surface area contributed by atoms with E-state index in [1.807, 2.05) is 22.7 Å². The third-order valence-corrected chi connectivity index (χ3v) is 11.2. The molecule has 1 nitrogen and oxygen atoms in total. The van der Waals surface area contributed by atoms with Crippen molar-refractivity contribution in [1.29, 1.82) is 0 Å². The molecular formula is C40H23NS2. The van der Waals surface area contributed by atoms with Gasteiger partial charge in [-0.25, -0.2) is 0 Å². The minimum Gasteiger partial charge on any atom is -0.309 e. The molecule has 7 aromatic carbocycles. The van der Waals surface area contributed by atoms with Crippen molar-refractivity contribution >= 4 is 95.6 Å². The Morgan fingerprint density at radius 1 is 0.395 bits per heavy atom. The van der Waals surface area contributed by atoms with Crippen molar-refractivity contribution in [3.8, 4) is 16.8 Å². The van der Waals surface area contributed by atoms with Crippen molar-refractivity contribution in [2.75, 3.05) is 0 Å². The summed E-state index contributed by atoms with van der Waals surface area (Å²) in [5.74, 6) is 0.